The highest BCUT2D eigenvalue weighted by Crippen LogP contribution is 2.08. The minimum atomic E-state index is -3.75. The molecule has 17 heavy (non-hydrogen) atoms. The predicted molar refractivity (Wildman–Crippen MR) is 65.8 cm³/mol. The molecule has 0 aromatic rings. The Morgan fingerprint density at radius 1 is 1.29 bits per heavy atom. The molecule has 0 bridgehead atoms. The molecule has 1 atom stereocenters. The fourth-order valence-electron chi connectivity index (χ4n) is 1.21. The SMILES string of the molecule is CC(C)C[C@@H](NS(=O)(=O)N(C)C(C)C)C(=O)O. The van der Waals surface area contributed by atoms with Gasteiger partial charge < -0.3 is 5.11 Å². The number of aliphatic carboxylic acids is 1. The topological polar surface area (TPSA) is 86.7 Å². The zero-order chi connectivity index (χ0) is 13.8. The van der Waals surface area contributed by atoms with Crippen LogP contribution in [-0.4, -0.2) is 42.9 Å². The van der Waals surface area contributed by atoms with Gasteiger partial charge in [0.1, 0.15) is 6.04 Å². The summed E-state index contributed by atoms with van der Waals surface area (Å²) in [7, 11) is -2.33. The van der Waals surface area contributed by atoms with Gasteiger partial charge in [0.2, 0.25) is 0 Å². The molecule has 0 rings (SSSR count). The van der Waals surface area contributed by atoms with Crippen LogP contribution in [0.25, 0.3) is 0 Å². The molecule has 102 valence electrons. The molecule has 7 heteroatoms. The lowest BCUT2D eigenvalue weighted by atomic mass is 10.1. The van der Waals surface area contributed by atoms with Crippen molar-refractivity contribution in [3.05, 3.63) is 0 Å². The van der Waals surface area contributed by atoms with Crippen LogP contribution in [0.15, 0.2) is 0 Å². The van der Waals surface area contributed by atoms with Gasteiger partial charge in [0.05, 0.1) is 0 Å². The monoisotopic (exact) mass is 266 g/mol. The van der Waals surface area contributed by atoms with Gasteiger partial charge in [-0.05, 0) is 26.2 Å². The fraction of sp³-hybridized carbons (Fsp3) is 0.900. The van der Waals surface area contributed by atoms with Crippen LogP contribution in [0, 0.1) is 5.92 Å². The van der Waals surface area contributed by atoms with E-state index in [4.69, 9.17) is 5.11 Å². The van der Waals surface area contributed by atoms with E-state index in [1.807, 2.05) is 13.8 Å². The van der Waals surface area contributed by atoms with Gasteiger partial charge in [-0.1, -0.05) is 13.8 Å². The summed E-state index contributed by atoms with van der Waals surface area (Å²) >= 11 is 0. The highest BCUT2D eigenvalue weighted by atomic mass is 32.2. The van der Waals surface area contributed by atoms with Crippen molar-refractivity contribution in [1.29, 1.82) is 0 Å². The average Bonchev–Trinajstić information content (AvgIpc) is 2.14. The van der Waals surface area contributed by atoms with Crippen molar-refractivity contribution >= 4 is 16.2 Å². The van der Waals surface area contributed by atoms with Crippen LogP contribution >= 0.6 is 0 Å². The van der Waals surface area contributed by atoms with Gasteiger partial charge in [0.25, 0.3) is 10.2 Å². The third-order valence-corrected chi connectivity index (χ3v) is 4.17. The molecular weight excluding hydrogens is 244 g/mol. The van der Waals surface area contributed by atoms with Crippen molar-refractivity contribution in [2.24, 2.45) is 5.92 Å². The Morgan fingerprint density at radius 2 is 1.76 bits per heavy atom. The number of hydrogen-bond acceptors (Lipinski definition) is 3. The second kappa shape index (κ2) is 6.32. The number of carbonyl (C=O) groups is 1. The van der Waals surface area contributed by atoms with Crippen LogP contribution < -0.4 is 4.72 Å². The van der Waals surface area contributed by atoms with Crippen molar-refractivity contribution in [2.45, 2.75) is 46.2 Å². The molecule has 6 nitrogen and oxygen atoms in total. The summed E-state index contributed by atoms with van der Waals surface area (Å²) in [6.07, 6.45) is 0.264. The first-order valence-electron chi connectivity index (χ1n) is 5.56. The van der Waals surface area contributed by atoms with E-state index in [9.17, 15) is 13.2 Å². The lowest BCUT2D eigenvalue weighted by Crippen LogP contribution is -2.49. The number of nitrogens with zero attached hydrogens (tertiary/aromatic N) is 1. The van der Waals surface area contributed by atoms with Crippen molar-refractivity contribution in [1.82, 2.24) is 9.03 Å². The molecule has 0 fully saturated rings. The van der Waals surface area contributed by atoms with Crippen LogP contribution in [-0.2, 0) is 15.0 Å². The first kappa shape index (κ1) is 16.3. The number of carboxylic acids is 1. The molecule has 0 aromatic carbocycles. The van der Waals surface area contributed by atoms with Crippen LogP contribution in [0.1, 0.15) is 34.1 Å². The molecule has 0 saturated carbocycles. The summed E-state index contributed by atoms with van der Waals surface area (Å²) in [5.41, 5.74) is 0. The van der Waals surface area contributed by atoms with Gasteiger partial charge in [-0.3, -0.25) is 4.79 Å². The molecule has 0 aromatic heterocycles. The maximum atomic E-state index is 11.8. The third-order valence-electron chi connectivity index (χ3n) is 2.40. The van der Waals surface area contributed by atoms with E-state index >= 15 is 0 Å². The van der Waals surface area contributed by atoms with Gasteiger partial charge in [-0.2, -0.15) is 17.4 Å². The normalized spacial score (nSPS) is 14.6. The van der Waals surface area contributed by atoms with Gasteiger partial charge in [-0.25, -0.2) is 0 Å². The van der Waals surface area contributed by atoms with Crippen molar-refractivity contribution < 1.29 is 18.3 Å². The van der Waals surface area contributed by atoms with Crippen LogP contribution in [0.2, 0.25) is 0 Å². The van der Waals surface area contributed by atoms with E-state index < -0.39 is 22.2 Å². The van der Waals surface area contributed by atoms with Crippen LogP contribution in [0.3, 0.4) is 0 Å². The first-order chi connectivity index (χ1) is 7.58. The molecule has 0 aliphatic rings. The average molecular weight is 266 g/mol. The summed E-state index contributed by atoms with van der Waals surface area (Å²) in [4.78, 5) is 11.0. The number of carboxylic acid groups (broad SMARTS) is 1. The summed E-state index contributed by atoms with van der Waals surface area (Å²) in [5.74, 6) is -1.05. The zero-order valence-corrected chi connectivity index (χ0v) is 11.8. The van der Waals surface area contributed by atoms with Gasteiger partial charge >= 0.3 is 5.97 Å². The lowest BCUT2D eigenvalue weighted by molar-refractivity contribution is -0.139. The molecule has 0 spiro atoms. The fourth-order valence-corrected chi connectivity index (χ4v) is 2.49. The van der Waals surface area contributed by atoms with Crippen molar-refractivity contribution in [3.8, 4) is 0 Å². The molecule has 2 N–H and O–H groups in total. The Labute approximate surface area is 103 Å². The highest BCUT2D eigenvalue weighted by molar-refractivity contribution is 7.87. The third kappa shape index (κ3) is 5.47. The largest absolute Gasteiger partial charge is 0.480 e. The van der Waals surface area contributed by atoms with E-state index in [1.165, 1.54) is 7.05 Å². The Morgan fingerprint density at radius 3 is 2.06 bits per heavy atom. The van der Waals surface area contributed by atoms with E-state index in [1.54, 1.807) is 13.8 Å². The van der Waals surface area contributed by atoms with Gasteiger partial charge in [-0.15, -0.1) is 0 Å². The molecule has 0 saturated heterocycles. The smallest absolute Gasteiger partial charge is 0.321 e. The molecular formula is C10H22N2O4S. The summed E-state index contributed by atoms with van der Waals surface area (Å²) in [6, 6.07) is -1.30. The quantitative estimate of drug-likeness (QED) is 0.708. The minimum absolute atomic E-state index is 0.100. The first-order valence-corrected chi connectivity index (χ1v) is 7.00. The molecule has 0 unspecified atom stereocenters. The maximum absolute atomic E-state index is 11.8. The molecule has 0 aliphatic carbocycles. The Balaban J connectivity index is 4.82. The zero-order valence-electron chi connectivity index (χ0n) is 11.0. The second-order valence-corrected chi connectivity index (χ2v) is 6.52. The highest BCUT2D eigenvalue weighted by Gasteiger charge is 2.28. The van der Waals surface area contributed by atoms with Crippen molar-refractivity contribution in [2.75, 3.05) is 7.05 Å². The Kier molecular flexibility index (Phi) is 6.08. The standard InChI is InChI=1S/C10H22N2O4S/c1-7(2)6-9(10(13)14)11-17(15,16)12(5)8(3)4/h7-9,11H,6H2,1-5H3,(H,13,14)/t9-/m1/s1. The van der Waals surface area contributed by atoms with Gasteiger partial charge in [0.15, 0.2) is 0 Å². The summed E-state index contributed by atoms with van der Waals surface area (Å²) in [6.45, 7) is 7.13. The van der Waals surface area contributed by atoms with E-state index in [0.717, 1.165) is 4.31 Å². The molecule has 0 heterocycles. The van der Waals surface area contributed by atoms with Crippen molar-refractivity contribution in [3.63, 3.8) is 0 Å². The van der Waals surface area contributed by atoms with Gasteiger partial charge in [0, 0.05) is 13.1 Å². The maximum Gasteiger partial charge on any atom is 0.321 e. The number of hydrogen-bond donors (Lipinski definition) is 2. The minimum Gasteiger partial charge on any atom is -0.480 e. The second-order valence-electron chi connectivity index (χ2n) is 4.75. The summed E-state index contributed by atoms with van der Waals surface area (Å²) < 4.78 is 27.0. The van der Waals surface area contributed by atoms with Crippen LogP contribution in [0.4, 0.5) is 0 Å². The lowest BCUT2D eigenvalue weighted by Gasteiger charge is -2.24. The summed E-state index contributed by atoms with van der Waals surface area (Å²) in [5, 5.41) is 8.96. The Hall–Kier alpha value is -0.660. The van der Waals surface area contributed by atoms with E-state index in [-0.39, 0.29) is 18.4 Å². The molecule has 0 aliphatic heterocycles. The van der Waals surface area contributed by atoms with Crippen LogP contribution in [0.5, 0.6) is 0 Å². The Bertz CT molecular complexity index is 351. The number of nitrogens with one attached hydrogen (secondary N) is 1. The molecule has 0 amide bonds. The van der Waals surface area contributed by atoms with E-state index in [0.29, 0.717) is 0 Å². The predicted octanol–water partition coefficient (Wildman–Crippen LogP) is 0.660. The van der Waals surface area contributed by atoms with E-state index in [2.05, 4.69) is 4.72 Å². The number of rotatable bonds is 7. The molecule has 0 radical (unpaired) electrons.